The number of nitrogens with one attached hydrogen (secondary N) is 4. The highest BCUT2D eigenvalue weighted by molar-refractivity contribution is 6.31. The summed E-state index contributed by atoms with van der Waals surface area (Å²) in [5, 5.41) is 19.1. The van der Waals surface area contributed by atoms with Gasteiger partial charge in [-0.1, -0.05) is 11.6 Å². The van der Waals surface area contributed by atoms with Crippen molar-refractivity contribution >= 4 is 28.3 Å². The molecule has 3 aromatic rings. The number of rotatable bonds is 9. The molecule has 0 spiro atoms. The molecule has 0 amide bonds. The second-order valence-electron chi connectivity index (χ2n) is 7.75. The van der Waals surface area contributed by atoms with Crippen molar-refractivity contribution in [2.45, 2.75) is 45.3 Å². The molecule has 0 radical (unpaired) electrons. The number of aromatic amines is 1. The van der Waals surface area contributed by atoms with E-state index in [1.165, 1.54) is 12.8 Å². The van der Waals surface area contributed by atoms with Gasteiger partial charge in [-0.05, 0) is 50.9 Å². The van der Waals surface area contributed by atoms with E-state index in [4.69, 9.17) is 11.6 Å². The van der Waals surface area contributed by atoms with E-state index in [-0.39, 0.29) is 5.56 Å². The van der Waals surface area contributed by atoms with Gasteiger partial charge >= 0.3 is 0 Å². The Hall–Kier alpha value is -2.42. The molecule has 9 heteroatoms. The average Bonchev–Trinajstić information content (AvgIpc) is 3.39. The van der Waals surface area contributed by atoms with Gasteiger partial charge in [-0.15, -0.1) is 0 Å². The molecule has 1 unspecified atom stereocenters. The van der Waals surface area contributed by atoms with E-state index >= 15 is 0 Å². The number of H-pyrrole nitrogens is 1. The summed E-state index contributed by atoms with van der Waals surface area (Å²) in [4.78, 5) is 17.1. The molecule has 1 aromatic carbocycles. The van der Waals surface area contributed by atoms with E-state index in [1.807, 2.05) is 25.1 Å². The van der Waals surface area contributed by atoms with Crippen LogP contribution in [0.3, 0.4) is 0 Å². The number of benzene rings is 1. The Bertz CT molecular complexity index is 1060. The van der Waals surface area contributed by atoms with Crippen molar-refractivity contribution in [3.05, 3.63) is 51.2 Å². The van der Waals surface area contributed by atoms with Gasteiger partial charge in [-0.25, -0.2) is 4.98 Å². The standard InChI is InChI=1S/C21H28ClN7O/c1-14-12-26-20(25-8-6-16-3-2-7-24-16)21(30)29(14)10-9-23-13-19-17-11-15(22)4-5-18(17)27-28-19/h4-5,11-12,16,23-24H,2-3,6-10,13H2,1H3,(H,25,26)(H,27,28). The summed E-state index contributed by atoms with van der Waals surface area (Å²) >= 11 is 6.10. The summed E-state index contributed by atoms with van der Waals surface area (Å²) < 4.78 is 1.76. The van der Waals surface area contributed by atoms with Crippen LogP contribution < -0.4 is 21.5 Å². The highest BCUT2D eigenvalue weighted by atomic mass is 35.5. The maximum absolute atomic E-state index is 12.8. The lowest BCUT2D eigenvalue weighted by Crippen LogP contribution is -2.32. The van der Waals surface area contributed by atoms with Crippen LogP contribution >= 0.6 is 11.6 Å². The molecule has 1 aliphatic heterocycles. The van der Waals surface area contributed by atoms with Crippen LogP contribution in [0, 0.1) is 6.92 Å². The second kappa shape index (κ2) is 9.59. The van der Waals surface area contributed by atoms with Crippen LogP contribution in [0.2, 0.25) is 5.02 Å². The third-order valence-electron chi connectivity index (χ3n) is 5.61. The van der Waals surface area contributed by atoms with E-state index in [0.29, 0.717) is 36.5 Å². The minimum atomic E-state index is -0.0741. The molecule has 3 heterocycles. The Morgan fingerprint density at radius 3 is 3.07 bits per heavy atom. The van der Waals surface area contributed by atoms with Gasteiger partial charge in [-0.2, -0.15) is 5.10 Å². The zero-order valence-corrected chi connectivity index (χ0v) is 17.9. The van der Waals surface area contributed by atoms with Gasteiger partial charge in [0.05, 0.1) is 11.2 Å². The molecule has 1 atom stereocenters. The summed E-state index contributed by atoms with van der Waals surface area (Å²) in [5.74, 6) is 0.424. The van der Waals surface area contributed by atoms with Crippen molar-refractivity contribution in [3.8, 4) is 0 Å². The predicted octanol–water partition coefficient (Wildman–Crippen LogP) is 2.43. The molecule has 1 saturated heterocycles. The van der Waals surface area contributed by atoms with Gasteiger partial charge in [0.2, 0.25) is 0 Å². The minimum Gasteiger partial charge on any atom is -0.365 e. The Labute approximate surface area is 180 Å². The molecular weight excluding hydrogens is 402 g/mol. The van der Waals surface area contributed by atoms with Gasteiger partial charge in [-0.3, -0.25) is 9.89 Å². The summed E-state index contributed by atoms with van der Waals surface area (Å²) in [6.07, 6.45) is 5.19. The molecule has 4 N–H and O–H groups in total. The molecule has 4 rings (SSSR count). The highest BCUT2D eigenvalue weighted by Crippen LogP contribution is 2.20. The van der Waals surface area contributed by atoms with Gasteiger partial charge in [0.1, 0.15) is 0 Å². The van der Waals surface area contributed by atoms with E-state index in [2.05, 4.69) is 31.1 Å². The third-order valence-corrected chi connectivity index (χ3v) is 5.85. The van der Waals surface area contributed by atoms with Gasteiger partial charge in [0.25, 0.3) is 5.56 Å². The zero-order valence-electron chi connectivity index (χ0n) is 17.2. The molecule has 0 aliphatic carbocycles. The summed E-state index contributed by atoms with van der Waals surface area (Å²) in [6.45, 7) is 5.59. The Morgan fingerprint density at radius 2 is 2.23 bits per heavy atom. The van der Waals surface area contributed by atoms with E-state index < -0.39 is 0 Å². The lowest BCUT2D eigenvalue weighted by molar-refractivity contribution is 0.564. The van der Waals surface area contributed by atoms with Crippen molar-refractivity contribution < 1.29 is 0 Å². The fourth-order valence-electron chi connectivity index (χ4n) is 3.91. The first-order valence-corrected chi connectivity index (χ1v) is 10.9. The fourth-order valence-corrected chi connectivity index (χ4v) is 4.08. The third kappa shape index (κ3) is 4.83. The molecule has 2 aromatic heterocycles. The summed E-state index contributed by atoms with van der Waals surface area (Å²) in [6, 6.07) is 6.18. The van der Waals surface area contributed by atoms with Crippen LogP contribution in [0.4, 0.5) is 5.82 Å². The summed E-state index contributed by atoms with van der Waals surface area (Å²) in [5.41, 5.74) is 2.65. The number of aryl methyl sites for hydroxylation is 1. The predicted molar refractivity (Wildman–Crippen MR) is 120 cm³/mol. The molecule has 30 heavy (non-hydrogen) atoms. The topological polar surface area (TPSA) is 99.7 Å². The Kier molecular flexibility index (Phi) is 6.66. The van der Waals surface area contributed by atoms with Gasteiger partial charge in [0, 0.05) is 54.5 Å². The van der Waals surface area contributed by atoms with Gasteiger partial charge in [0.15, 0.2) is 5.82 Å². The quantitative estimate of drug-likeness (QED) is 0.390. The lowest BCUT2D eigenvalue weighted by Gasteiger charge is -2.14. The smallest absolute Gasteiger partial charge is 0.293 e. The lowest BCUT2D eigenvalue weighted by atomic mass is 10.1. The second-order valence-corrected chi connectivity index (χ2v) is 8.19. The number of anilines is 1. The normalized spacial score (nSPS) is 16.4. The van der Waals surface area contributed by atoms with Crippen LogP contribution in [0.25, 0.3) is 10.9 Å². The van der Waals surface area contributed by atoms with Crippen LogP contribution in [0.5, 0.6) is 0 Å². The number of fused-ring (bicyclic) bond motifs is 1. The van der Waals surface area contributed by atoms with Crippen molar-refractivity contribution in [2.24, 2.45) is 0 Å². The minimum absolute atomic E-state index is 0.0741. The molecule has 8 nitrogen and oxygen atoms in total. The summed E-state index contributed by atoms with van der Waals surface area (Å²) in [7, 11) is 0. The monoisotopic (exact) mass is 429 g/mol. The Balaban J connectivity index is 1.32. The average molecular weight is 430 g/mol. The SMILES string of the molecule is Cc1cnc(NCCC2CCCN2)c(=O)n1CCNCc1[nH]nc2ccc(Cl)cc12. The zero-order chi connectivity index (χ0) is 20.9. The van der Waals surface area contributed by atoms with Crippen molar-refractivity contribution in [1.29, 1.82) is 0 Å². The highest BCUT2D eigenvalue weighted by Gasteiger charge is 2.14. The van der Waals surface area contributed by atoms with Crippen LogP contribution in [0.15, 0.2) is 29.2 Å². The number of hydrogen-bond donors (Lipinski definition) is 4. The van der Waals surface area contributed by atoms with Crippen molar-refractivity contribution in [2.75, 3.05) is 25.0 Å². The number of nitrogens with zero attached hydrogens (tertiary/aromatic N) is 3. The molecule has 160 valence electrons. The van der Waals surface area contributed by atoms with Crippen molar-refractivity contribution in [3.63, 3.8) is 0 Å². The molecule has 1 fully saturated rings. The molecule has 1 aliphatic rings. The number of halogens is 1. The van der Waals surface area contributed by atoms with E-state index in [1.54, 1.807) is 10.8 Å². The first-order chi connectivity index (χ1) is 14.6. The first-order valence-electron chi connectivity index (χ1n) is 10.5. The fraction of sp³-hybridized carbons (Fsp3) is 0.476. The van der Waals surface area contributed by atoms with Crippen molar-refractivity contribution in [1.82, 2.24) is 30.4 Å². The largest absolute Gasteiger partial charge is 0.365 e. The van der Waals surface area contributed by atoms with E-state index in [0.717, 1.165) is 41.8 Å². The van der Waals surface area contributed by atoms with Crippen LogP contribution in [0.1, 0.15) is 30.7 Å². The number of hydrogen-bond acceptors (Lipinski definition) is 6. The molecule has 0 saturated carbocycles. The van der Waals surface area contributed by atoms with Crippen LogP contribution in [-0.4, -0.2) is 45.4 Å². The van der Waals surface area contributed by atoms with Crippen LogP contribution in [-0.2, 0) is 13.1 Å². The Morgan fingerprint density at radius 1 is 1.33 bits per heavy atom. The molecule has 0 bridgehead atoms. The molecular formula is C21H28ClN7O. The maximum Gasteiger partial charge on any atom is 0.293 e. The number of aromatic nitrogens is 4. The maximum atomic E-state index is 12.8. The van der Waals surface area contributed by atoms with E-state index in [9.17, 15) is 4.79 Å². The van der Waals surface area contributed by atoms with Gasteiger partial charge < -0.3 is 20.5 Å². The first kappa shape index (κ1) is 20.8.